The van der Waals surface area contributed by atoms with Crippen LogP contribution < -0.4 is 5.32 Å². The molecule has 1 rings (SSSR count). The molecule has 0 saturated heterocycles. The second-order valence-corrected chi connectivity index (χ2v) is 3.13. The summed E-state index contributed by atoms with van der Waals surface area (Å²) in [7, 11) is 0. The van der Waals surface area contributed by atoms with Gasteiger partial charge in [-0.15, -0.1) is 0 Å². The molecule has 0 aliphatic rings. The van der Waals surface area contributed by atoms with E-state index in [4.69, 9.17) is 5.11 Å². The molecular weight excluding hydrogens is 178 g/mol. The minimum absolute atomic E-state index is 0.189. The smallest absolute Gasteiger partial charge is 0.304 e. The minimum atomic E-state index is -0.753. The van der Waals surface area contributed by atoms with Gasteiger partial charge in [-0.1, -0.05) is 30.3 Å². The van der Waals surface area contributed by atoms with Crippen molar-refractivity contribution < 1.29 is 9.90 Å². The predicted molar refractivity (Wildman–Crippen MR) is 55.3 cm³/mol. The molecule has 0 saturated carbocycles. The lowest BCUT2D eigenvalue weighted by Crippen LogP contribution is -2.20. The van der Waals surface area contributed by atoms with E-state index in [-0.39, 0.29) is 6.42 Å². The number of hydrogen-bond acceptors (Lipinski definition) is 2. The van der Waals surface area contributed by atoms with Crippen LogP contribution in [0.25, 0.3) is 0 Å². The van der Waals surface area contributed by atoms with Crippen LogP contribution in [0.5, 0.6) is 0 Å². The topological polar surface area (TPSA) is 49.3 Å². The highest BCUT2D eigenvalue weighted by Crippen LogP contribution is 1.97. The summed E-state index contributed by atoms with van der Waals surface area (Å²) in [4.78, 5) is 10.2. The number of nitrogens with one attached hydrogen (secondary N) is 1. The van der Waals surface area contributed by atoms with Crippen molar-refractivity contribution in [2.75, 3.05) is 13.1 Å². The van der Waals surface area contributed by atoms with Crippen molar-refractivity contribution >= 4 is 5.97 Å². The Labute approximate surface area is 83.8 Å². The average molecular weight is 193 g/mol. The van der Waals surface area contributed by atoms with Gasteiger partial charge in [0.2, 0.25) is 0 Å². The maximum atomic E-state index is 10.2. The molecule has 1 aromatic rings. The van der Waals surface area contributed by atoms with Gasteiger partial charge in [0.05, 0.1) is 6.42 Å². The molecule has 14 heavy (non-hydrogen) atoms. The Kier molecular flexibility index (Phi) is 4.72. The van der Waals surface area contributed by atoms with E-state index in [1.807, 2.05) is 18.2 Å². The van der Waals surface area contributed by atoms with Gasteiger partial charge < -0.3 is 10.4 Å². The van der Waals surface area contributed by atoms with E-state index in [0.717, 1.165) is 13.0 Å². The van der Waals surface area contributed by atoms with E-state index in [1.165, 1.54) is 5.56 Å². The third kappa shape index (κ3) is 4.62. The normalized spacial score (nSPS) is 10.0. The Morgan fingerprint density at radius 1 is 1.21 bits per heavy atom. The van der Waals surface area contributed by atoms with E-state index >= 15 is 0 Å². The number of carboxylic acid groups (broad SMARTS) is 1. The molecule has 3 heteroatoms. The minimum Gasteiger partial charge on any atom is -0.481 e. The van der Waals surface area contributed by atoms with E-state index in [1.54, 1.807) is 0 Å². The van der Waals surface area contributed by atoms with Crippen LogP contribution in [0, 0.1) is 0 Å². The lowest BCUT2D eigenvalue weighted by atomic mass is 10.1. The predicted octanol–water partition coefficient (Wildman–Crippen LogP) is 1.29. The van der Waals surface area contributed by atoms with Gasteiger partial charge in [-0.25, -0.2) is 0 Å². The number of carbonyl (C=O) groups is 1. The van der Waals surface area contributed by atoms with Crippen molar-refractivity contribution in [1.82, 2.24) is 5.32 Å². The second kappa shape index (κ2) is 6.16. The molecule has 0 radical (unpaired) electrons. The number of rotatable bonds is 6. The molecule has 0 spiro atoms. The van der Waals surface area contributed by atoms with Crippen LogP contribution in [0.3, 0.4) is 0 Å². The molecule has 0 aliphatic carbocycles. The molecule has 2 N–H and O–H groups in total. The average Bonchev–Trinajstić information content (AvgIpc) is 2.18. The fourth-order valence-corrected chi connectivity index (χ4v) is 1.20. The lowest BCUT2D eigenvalue weighted by molar-refractivity contribution is -0.136. The summed E-state index contributed by atoms with van der Waals surface area (Å²) >= 11 is 0. The summed E-state index contributed by atoms with van der Waals surface area (Å²) in [6, 6.07) is 10.1. The highest BCUT2D eigenvalue weighted by atomic mass is 16.4. The maximum absolute atomic E-state index is 10.2. The maximum Gasteiger partial charge on any atom is 0.304 e. The van der Waals surface area contributed by atoms with Crippen molar-refractivity contribution in [2.24, 2.45) is 0 Å². The van der Waals surface area contributed by atoms with Gasteiger partial charge in [-0.05, 0) is 18.5 Å². The third-order valence-corrected chi connectivity index (χ3v) is 1.95. The summed E-state index contributed by atoms with van der Waals surface area (Å²) in [6.07, 6.45) is 1.13. The highest BCUT2D eigenvalue weighted by molar-refractivity contribution is 5.66. The molecule has 3 nitrogen and oxygen atoms in total. The SMILES string of the molecule is O=C(O)CCNCCc1ccccc1. The number of hydrogen-bond donors (Lipinski definition) is 2. The Bertz CT molecular complexity index is 272. The number of aliphatic carboxylic acids is 1. The van der Waals surface area contributed by atoms with E-state index < -0.39 is 5.97 Å². The lowest BCUT2D eigenvalue weighted by Gasteiger charge is -2.02. The molecule has 0 aliphatic heterocycles. The first-order valence-electron chi connectivity index (χ1n) is 4.75. The van der Waals surface area contributed by atoms with Crippen molar-refractivity contribution in [1.29, 1.82) is 0 Å². The van der Waals surface area contributed by atoms with Crippen LogP contribution in [0.1, 0.15) is 12.0 Å². The first-order chi connectivity index (χ1) is 6.79. The van der Waals surface area contributed by atoms with E-state index in [0.29, 0.717) is 6.54 Å². The van der Waals surface area contributed by atoms with Crippen LogP contribution in [-0.2, 0) is 11.2 Å². The summed E-state index contributed by atoms with van der Waals surface area (Å²) in [6.45, 7) is 1.37. The van der Waals surface area contributed by atoms with Crippen molar-refractivity contribution in [3.8, 4) is 0 Å². The zero-order chi connectivity index (χ0) is 10.2. The van der Waals surface area contributed by atoms with E-state index in [9.17, 15) is 4.79 Å². The van der Waals surface area contributed by atoms with Gasteiger partial charge in [0.1, 0.15) is 0 Å². The second-order valence-electron chi connectivity index (χ2n) is 3.13. The highest BCUT2D eigenvalue weighted by Gasteiger charge is 1.95. The van der Waals surface area contributed by atoms with Crippen molar-refractivity contribution in [3.05, 3.63) is 35.9 Å². The molecular formula is C11H15NO2. The molecule has 0 heterocycles. The molecule has 0 bridgehead atoms. The van der Waals surface area contributed by atoms with E-state index in [2.05, 4.69) is 17.4 Å². The van der Waals surface area contributed by atoms with Crippen LogP contribution in [0.4, 0.5) is 0 Å². The summed E-state index contributed by atoms with van der Waals surface area (Å²) in [5.74, 6) is -0.753. The Morgan fingerprint density at radius 2 is 1.93 bits per heavy atom. The van der Waals surface area contributed by atoms with Gasteiger partial charge in [0.15, 0.2) is 0 Å². The van der Waals surface area contributed by atoms with Crippen molar-refractivity contribution in [2.45, 2.75) is 12.8 Å². The van der Waals surface area contributed by atoms with Gasteiger partial charge in [-0.2, -0.15) is 0 Å². The summed E-state index contributed by atoms with van der Waals surface area (Å²) < 4.78 is 0. The number of benzene rings is 1. The summed E-state index contributed by atoms with van der Waals surface area (Å²) in [5.41, 5.74) is 1.27. The molecule has 1 aromatic carbocycles. The van der Waals surface area contributed by atoms with Crippen LogP contribution >= 0.6 is 0 Å². The Morgan fingerprint density at radius 3 is 2.57 bits per heavy atom. The van der Waals surface area contributed by atoms with Gasteiger partial charge >= 0.3 is 5.97 Å². The van der Waals surface area contributed by atoms with Gasteiger partial charge in [0.25, 0.3) is 0 Å². The molecule has 0 unspecified atom stereocenters. The molecule has 0 fully saturated rings. The quantitative estimate of drug-likeness (QED) is 0.669. The fourth-order valence-electron chi connectivity index (χ4n) is 1.20. The Hall–Kier alpha value is -1.35. The van der Waals surface area contributed by atoms with Gasteiger partial charge in [-0.3, -0.25) is 4.79 Å². The zero-order valence-corrected chi connectivity index (χ0v) is 8.07. The zero-order valence-electron chi connectivity index (χ0n) is 8.07. The van der Waals surface area contributed by atoms with Crippen molar-refractivity contribution in [3.63, 3.8) is 0 Å². The Balaban J connectivity index is 2.08. The van der Waals surface area contributed by atoms with Crippen LogP contribution in [0.15, 0.2) is 30.3 Å². The largest absolute Gasteiger partial charge is 0.481 e. The molecule has 76 valence electrons. The summed E-state index contributed by atoms with van der Waals surface area (Å²) in [5, 5.41) is 11.5. The third-order valence-electron chi connectivity index (χ3n) is 1.95. The van der Waals surface area contributed by atoms with Crippen LogP contribution in [0.2, 0.25) is 0 Å². The molecule has 0 atom stereocenters. The molecule has 0 amide bonds. The van der Waals surface area contributed by atoms with Gasteiger partial charge in [0, 0.05) is 6.54 Å². The first kappa shape index (κ1) is 10.7. The van der Waals surface area contributed by atoms with Crippen LogP contribution in [-0.4, -0.2) is 24.2 Å². The molecule has 0 aromatic heterocycles. The fraction of sp³-hybridized carbons (Fsp3) is 0.364. The number of carboxylic acids is 1. The first-order valence-corrected chi connectivity index (χ1v) is 4.75. The standard InChI is InChI=1S/C11H15NO2/c13-11(14)7-9-12-8-6-10-4-2-1-3-5-10/h1-5,12H,6-9H2,(H,13,14). The monoisotopic (exact) mass is 193 g/mol.